The molecule has 0 spiro atoms. The van der Waals surface area contributed by atoms with Gasteiger partial charge in [-0.2, -0.15) is 0 Å². The van der Waals surface area contributed by atoms with Crippen molar-refractivity contribution in [3.8, 4) is 0 Å². The summed E-state index contributed by atoms with van der Waals surface area (Å²) >= 11 is 5.02. The van der Waals surface area contributed by atoms with Crippen LogP contribution in [0.5, 0.6) is 0 Å². The van der Waals surface area contributed by atoms with Gasteiger partial charge in [-0.3, -0.25) is 4.79 Å². The van der Waals surface area contributed by atoms with Crippen LogP contribution in [-0.2, 0) is 0 Å². The highest BCUT2D eigenvalue weighted by molar-refractivity contribution is 9.10. The Labute approximate surface area is 136 Å². The maximum atomic E-state index is 11.3. The Morgan fingerprint density at radius 2 is 2.24 bits per heavy atom. The van der Waals surface area contributed by atoms with Crippen LogP contribution >= 0.6 is 27.7 Å². The minimum atomic E-state index is -0.141. The first-order chi connectivity index (χ1) is 10.1. The second kappa shape index (κ2) is 7.77. The van der Waals surface area contributed by atoms with Gasteiger partial charge in [0.2, 0.25) is 0 Å². The minimum Gasteiger partial charge on any atom is -0.310 e. The lowest BCUT2D eigenvalue weighted by Gasteiger charge is -2.15. The quantitative estimate of drug-likeness (QED) is 0.763. The van der Waals surface area contributed by atoms with Crippen molar-refractivity contribution in [3.05, 3.63) is 50.9 Å². The summed E-state index contributed by atoms with van der Waals surface area (Å²) in [6, 6.07) is 7.97. The minimum absolute atomic E-state index is 0.141. The molecule has 0 aliphatic rings. The van der Waals surface area contributed by atoms with E-state index in [-0.39, 0.29) is 5.56 Å². The zero-order valence-corrected chi connectivity index (χ0v) is 14.4. The Balaban J connectivity index is 2.14. The number of nitrogens with one attached hydrogen (secondary N) is 2. The van der Waals surface area contributed by atoms with Crippen LogP contribution in [0.3, 0.4) is 0 Å². The predicted octanol–water partition coefficient (Wildman–Crippen LogP) is 3.74. The van der Waals surface area contributed by atoms with Crippen molar-refractivity contribution in [3.63, 3.8) is 0 Å². The lowest BCUT2D eigenvalue weighted by atomic mass is 10.1. The first kappa shape index (κ1) is 16.3. The van der Waals surface area contributed by atoms with Crippen molar-refractivity contribution in [1.82, 2.24) is 15.3 Å². The molecule has 0 bridgehead atoms. The maximum absolute atomic E-state index is 11.3. The topological polar surface area (TPSA) is 57.8 Å². The van der Waals surface area contributed by atoms with Crippen LogP contribution in [0.2, 0.25) is 0 Å². The zero-order chi connectivity index (χ0) is 15.2. The number of hydrogen-bond donors (Lipinski definition) is 2. The van der Waals surface area contributed by atoms with Gasteiger partial charge in [0.1, 0.15) is 0 Å². The molecule has 0 fully saturated rings. The summed E-state index contributed by atoms with van der Waals surface area (Å²) in [4.78, 5) is 19.2. The Hall–Kier alpha value is -1.11. The summed E-state index contributed by atoms with van der Waals surface area (Å²) in [5, 5.41) is 4.06. The monoisotopic (exact) mass is 367 g/mol. The number of benzene rings is 1. The van der Waals surface area contributed by atoms with E-state index in [1.165, 1.54) is 29.6 Å². The SMILES string of the molecule is CCCNC(C)c1ccc(Sc2nccc(=O)[nH]2)c(Br)c1. The molecule has 21 heavy (non-hydrogen) atoms. The van der Waals surface area contributed by atoms with Gasteiger partial charge in [-0.1, -0.05) is 24.8 Å². The number of nitrogens with zero attached hydrogens (tertiary/aromatic N) is 1. The van der Waals surface area contributed by atoms with Gasteiger partial charge in [-0.05, 0) is 53.5 Å². The van der Waals surface area contributed by atoms with E-state index in [9.17, 15) is 4.79 Å². The highest BCUT2D eigenvalue weighted by Crippen LogP contribution is 2.32. The third-order valence-electron chi connectivity index (χ3n) is 3.01. The summed E-state index contributed by atoms with van der Waals surface area (Å²) in [7, 11) is 0. The van der Waals surface area contributed by atoms with E-state index in [0.717, 1.165) is 22.3 Å². The third kappa shape index (κ3) is 4.69. The molecule has 1 unspecified atom stereocenters. The Kier molecular flexibility index (Phi) is 6.02. The molecule has 1 aromatic heterocycles. The molecule has 1 atom stereocenters. The van der Waals surface area contributed by atoms with Crippen molar-refractivity contribution in [1.29, 1.82) is 0 Å². The van der Waals surface area contributed by atoms with E-state index in [0.29, 0.717) is 11.2 Å². The second-order valence-electron chi connectivity index (χ2n) is 4.71. The fourth-order valence-electron chi connectivity index (χ4n) is 1.86. The summed E-state index contributed by atoms with van der Waals surface area (Å²) in [5.41, 5.74) is 1.09. The van der Waals surface area contributed by atoms with Gasteiger partial charge >= 0.3 is 0 Å². The molecule has 2 aromatic rings. The van der Waals surface area contributed by atoms with Crippen molar-refractivity contribution in [2.75, 3.05) is 6.54 Å². The van der Waals surface area contributed by atoms with Crippen LogP contribution < -0.4 is 10.9 Å². The van der Waals surface area contributed by atoms with E-state index in [4.69, 9.17) is 0 Å². The van der Waals surface area contributed by atoms with E-state index < -0.39 is 0 Å². The highest BCUT2D eigenvalue weighted by Gasteiger charge is 2.09. The summed E-state index contributed by atoms with van der Waals surface area (Å²) in [5.74, 6) is 0. The van der Waals surface area contributed by atoms with E-state index >= 15 is 0 Å². The van der Waals surface area contributed by atoms with Crippen molar-refractivity contribution < 1.29 is 0 Å². The largest absolute Gasteiger partial charge is 0.310 e. The van der Waals surface area contributed by atoms with Crippen LogP contribution in [-0.4, -0.2) is 16.5 Å². The molecule has 0 radical (unpaired) electrons. The molecule has 2 rings (SSSR count). The molecule has 2 N–H and O–H groups in total. The smallest absolute Gasteiger partial charge is 0.251 e. The highest BCUT2D eigenvalue weighted by atomic mass is 79.9. The Morgan fingerprint density at radius 1 is 1.43 bits per heavy atom. The maximum Gasteiger partial charge on any atom is 0.251 e. The summed E-state index contributed by atoms with van der Waals surface area (Å²) in [6.07, 6.45) is 2.63. The van der Waals surface area contributed by atoms with Gasteiger partial charge in [0.05, 0.1) is 0 Å². The van der Waals surface area contributed by atoms with Crippen LogP contribution in [0.1, 0.15) is 31.9 Å². The van der Waals surface area contributed by atoms with E-state index in [1.807, 2.05) is 6.07 Å². The number of aromatic amines is 1. The molecule has 112 valence electrons. The number of aromatic nitrogens is 2. The molecular weight excluding hydrogens is 350 g/mol. The van der Waals surface area contributed by atoms with E-state index in [1.54, 1.807) is 0 Å². The molecule has 4 nitrogen and oxygen atoms in total. The normalized spacial score (nSPS) is 12.3. The molecule has 0 saturated carbocycles. The van der Waals surface area contributed by atoms with Crippen LogP contribution in [0.4, 0.5) is 0 Å². The van der Waals surface area contributed by atoms with Crippen molar-refractivity contribution in [2.45, 2.75) is 36.4 Å². The molecule has 0 saturated heterocycles. The average Bonchev–Trinajstić information content (AvgIpc) is 2.47. The number of H-pyrrole nitrogens is 1. The van der Waals surface area contributed by atoms with Gasteiger partial charge < -0.3 is 10.3 Å². The lowest BCUT2D eigenvalue weighted by molar-refractivity contribution is 0.570. The summed E-state index contributed by atoms with van der Waals surface area (Å²) in [6.45, 7) is 5.31. The first-order valence-corrected chi connectivity index (χ1v) is 8.47. The van der Waals surface area contributed by atoms with Gasteiger partial charge in [-0.15, -0.1) is 0 Å². The molecular formula is C15H18BrN3OS. The fourth-order valence-corrected chi connectivity index (χ4v) is 3.26. The van der Waals surface area contributed by atoms with Crippen LogP contribution in [0.15, 0.2) is 49.8 Å². The fraction of sp³-hybridized carbons (Fsp3) is 0.333. The lowest BCUT2D eigenvalue weighted by Crippen LogP contribution is -2.19. The van der Waals surface area contributed by atoms with Gasteiger partial charge in [-0.25, -0.2) is 4.98 Å². The number of rotatable bonds is 6. The van der Waals surface area contributed by atoms with Gasteiger partial charge in [0, 0.05) is 27.7 Å². The van der Waals surface area contributed by atoms with Gasteiger partial charge in [0.15, 0.2) is 5.16 Å². The van der Waals surface area contributed by atoms with Crippen LogP contribution in [0, 0.1) is 0 Å². The summed E-state index contributed by atoms with van der Waals surface area (Å²) < 4.78 is 1.00. The van der Waals surface area contributed by atoms with Crippen molar-refractivity contribution >= 4 is 27.7 Å². The molecule has 1 heterocycles. The molecule has 1 aromatic carbocycles. The average molecular weight is 368 g/mol. The first-order valence-electron chi connectivity index (χ1n) is 6.86. The predicted molar refractivity (Wildman–Crippen MR) is 89.8 cm³/mol. The Morgan fingerprint density at radius 3 is 2.90 bits per heavy atom. The second-order valence-corrected chi connectivity index (χ2v) is 6.59. The van der Waals surface area contributed by atoms with Crippen LogP contribution in [0.25, 0.3) is 0 Å². The zero-order valence-electron chi connectivity index (χ0n) is 12.0. The van der Waals surface area contributed by atoms with Crippen molar-refractivity contribution in [2.24, 2.45) is 0 Å². The van der Waals surface area contributed by atoms with E-state index in [2.05, 4.69) is 57.2 Å². The number of halogens is 1. The third-order valence-corrected chi connectivity index (χ3v) is 4.91. The number of hydrogen-bond acceptors (Lipinski definition) is 4. The Bertz CT molecular complexity index is 659. The molecule has 0 aliphatic heterocycles. The molecule has 6 heteroatoms. The standard InChI is InChI=1S/C15H18BrN3OS/c1-3-7-17-10(2)11-4-5-13(12(16)9-11)21-15-18-8-6-14(20)19-15/h4-6,8-10,17H,3,7H2,1-2H3,(H,18,19,20). The van der Waals surface area contributed by atoms with Gasteiger partial charge in [0.25, 0.3) is 5.56 Å². The molecule has 0 aliphatic carbocycles. The molecule has 0 amide bonds.